The van der Waals surface area contributed by atoms with Crippen LogP contribution in [0.5, 0.6) is 0 Å². The molecule has 0 aromatic carbocycles. The summed E-state index contributed by atoms with van der Waals surface area (Å²) in [6.45, 7) is 0.00623. The predicted octanol–water partition coefficient (Wildman–Crippen LogP) is 1.45. The number of nitrogens with zero attached hydrogens (tertiary/aromatic N) is 5. The molecule has 4 heterocycles. The van der Waals surface area contributed by atoms with Crippen molar-refractivity contribution in [2.45, 2.75) is 6.54 Å². The minimum atomic E-state index is -0.552. The van der Waals surface area contributed by atoms with Crippen LogP contribution < -0.4 is 5.32 Å². The molecule has 1 amide bonds. The molecule has 2 N–H and O–H groups in total. The summed E-state index contributed by atoms with van der Waals surface area (Å²) in [7, 11) is 0. The molecule has 0 aliphatic heterocycles. The number of aromatic nitrogens is 5. The molecule has 8 nitrogen and oxygen atoms in total. The van der Waals surface area contributed by atoms with Crippen LogP contribution >= 0.6 is 0 Å². The van der Waals surface area contributed by atoms with Crippen LogP contribution in [0.4, 0.5) is 10.2 Å². The van der Waals surface area contributed by atoms with Crippen molar-refractivity contribution in [3.8, 4) is 11.3 Å². The van der Waals surface area contributed by atoms with E-state index in [-0.39, 0.29) is 24.7 Å². The van der Waals surface area contributed by atoms with Crippen molar-refractivity contribution < 1.29 is 14.3 Å². The van der Waals surface area contributed by atoms with Crippen molar-refractivity contribution in [2.24, 2.45) is 0 Å². The van der Waals surface area contributed by atoms with Gasteiger partial charge in [-0.3, -0.25) is 4.79 Å². The lowest BCUT2D eigenvalue weighted by atomic mass is 10.1. The number of aliphatic hydroxyl groups excluding tert-OH is 1. The molecule has 4 aromatic heterocycles. The normalized spacial score (nSPS) is 11.3. The van der Waals surface area contributed by atoms with E-state index in [1.54, 1.807) is 16.9 Å². The molecule has 0 unspecified atom stereocenters. The number of rotatable bonds is 5. The Morgan fingerprint density at radius 3 is 3.04 bits per heavy atom. The third-order valence-electron chi connectivity index (χ3n) is 3.87. The van der Waals surface area contributed by atoms with E-state index >= 15 is 0 Å². The van der Waals surface area contributed by atoms with E-state index < -0.39 is 5.82 Å². The van der Waals surface area contributed by atoms with Crippen molar-refractivity contribution in [1.29, 1.82) is 0 Å². The van der Waals surface area contributed by atoms with Crippen LogP contribution in [0.15, 0.2) is 36.7 Å². The van der Waals surface area contributed by atoms with Gasteiger partial charge in [0.25, 0.3) is 0 Å². The number of carbonyl (C=O) groups excluding carboxylic acids is 1. The monoisotopic (exact) mass is 340 g/mol. The van der Waals surface area contributed by atoms with Crippen LogP contribution in [0, 0.1) is 5.82 Å². The maximum Gasteiger partial charge on any atom is 0.212 e. The van der Waals surface area contributed by atoms with E-state index in [0.29, 0.717) is 28.5 Å². The molecule has 0 spiro atoms. The zero-order chi connectivity index (χ0) is 17.4. The Bertz CT molecular complexity index is 1090. The third kappa shape index (κ3) is 2.41. The lowest BCUT2D eigenvalue weighted by Gasteiger charge is -2.04. The van der Waals surface area contributed by atoms with Gasteiger partial charge in [0.2, 0.25) is 6.41 Å². The second kappa shape index (κ2) is 5.95. The van der Waals surface area contributed by atoms with Crippen molar-refractivity contribution in [1.82, 2.24) is 24.4 Å². The van der Waals surface area contributed by atoms with Gasteiger partial charge in [-0.1, -0.05) is 6.07 Å². The molecule has 0 radical (unpaired) electrons. The highest BCUT2D eigenvalue weighted by Gasteiger charge is 2.19. The molecule has 0 aliphatic carbocycles. The van der Waals surface area contributed by atoms with Gasteiger partial charge in [-0.25, -0.2) is 18.6 Å². The van der Waals surface area contributed by atoms with Crippen molar-refractivity contribution in [3.05, 3.63) is 42.5 Å². The van der Waals surface area contributed by atoms with E-state index in [1.165, 1.54) is 10.7 Å². The Balaban J connectivity index is 1.97. The van der Waals surface area contributed by atoms with Gasteiger partial charge in [-0.05, 0) is 18.2 Å². The van der Waals surface area contributed by atoms with E-state index in [1.807, 2.05) is 18.2 Å². The first-order chi connectivity index (χ1) is 12.2. The molecule has 0 saturated heterocycles. The summed E-state index contributed by atoms with van der Waals surface area (Å²) in [5.74, 6) is -0.361. The fourth-order valence-corrected chi connectivity index (χ4v) is 2.79. The summed E-state index contributed by atoms with van der Waals surface area (Å²) < 4.78 is 17.8. The highest BCUT2D eigenvalue weighted by atomic mass is 19.1. The van der Waals surface area contributed by atoms with E-state index in [2.05, 4.69) is 20.5 Å². The largest absolute Gasteiger partial charge is 0.394 e. The Hall–Kier alpha value is -3.33. The summed E-state index contributed by atoms with van der Waals surface area (Å²) in [6.07, 6.45) is 3.77. The number of hydrogen-bond acceptors (Lipinski definition) is 5. The number of nitrogens with one attached hydrogen (secondary N) is 1. The standard InChI is InChI=1S/C16H13FN6O2/c17-12-7-10-15(18-9-25)21-23(5-6-24)16(10)20-14(12)11-8-19-22-4-2-1-3-13(11)22/h1-4,7-9,24H,5-6H2,(H,18,21,25). The number of aliphatic hydroxyl groups is 1. The molecule has 4 rings (SSSR count). The van der Waals surface area contributed by atoms with Gasteiger partial charge in [0.15, 0.2) is 17.3 Å². The lowest BCUT2D eigenvalue weighted by molar-refractivity contribution is -0.105. The number of hydrogen-bond donors (Lipinski definition) is 2. The van der Waals surface area contributed by atoms with Gasteiger partial charge < -0.3 is 10.4 Å². The summed E-state index contributed by atoms with van der Waals surface area (Å²) in [4.78, 5) is 15.1. The Morgan fingerprint density at radius 2 is 2.24 bits per heavy atom. The number of pyridine rings is 2. The molecule has 0 aliphatic rings. The maximum atomic E-state index is 14.7. The Kier molecular flexibility index (Phi) is 3.62. The number of carbonyl (C=O) groups is 1. The van der Waals surface area contributed by atoms with Crippen LogP contribution in [0.2, 0.25) is 0 Å². The van der Waals surface area contributed by atoms with Gasteiger partial charge in [-0.15, -0.1) is 0 Å². The first-order valence-electron chi connectivity index (χ1n) is 7.53. The summed E-state index contributed by atoms with van der Waals surface area (Å²) in [5, 5.41) is 20.3. The fraction of sp³-hybridized carbons (Fsp3) is 0.125. The fourth-order valence-electron chi connectivity index (χ4n) is 2.79. The minimum absolute atomic E-state index is 0.130. The first kappa shape index (κ1) is 15.2. The van der Waals surface area contributed by atoms with Gasteiger partial charge in [0, 0.05) is 11.8 Å². The van der Waals surface area contributed by atoms with Crippen LogP contribution in [0.3, 0.4) is 0 Å². The van der Waals surface area contributed by atoms with E-state index in [4.69, 9.17) is 0 Å². The topological polar surface area (TPSA) is 97.3 Å². The van der Waals surface area contributed by atoms with Crippen LogP contribution in [-0.2, 0) is 11.3 Å². The summed E-state index contributed by atoms with van der Waals surface area (Å²) in [5.41, 5.74) is 1.75. The molecule has 0 saturated carbocycles. The average molecular weight is 340 g/mol. The van der Waals surface area contributed by atoms with E-state index in [0.717, 1.165) is 0 Å². The smallest absolute Gasteiger partial charge is 0.212 e. The quantitative estimate of drug-likeness (QED) is 0.536. The number of amides is 1. The summed E-state index contributed by atoms with van der Waals surface area (Å²) in [6, 6.07) is 6.75. The second-order valence-electron chi connectivity index (χ2n) is 5.34. The molecule has 4 aromatic rings. The molecular formula is C16H13FN6O2. The molecule has 9 heteroatoms. The molecule has 0 atom stereocenters. The van der Waals surface area contributed by atoms with Gasteiger partial charge in [-0.2, -0.15) is 10.2 Å². The zero-order valence-electron chi connectivity index (χ0n) is 12.9. The molecule has 0 bridgehead atoms. The van der Waals surface area contributed by atoms with Crippen molar-refractivity contribution >= 4 is 28.8 Å². The second-order valence-corrected chi connectivity index (χ2v) is 5.34. The van der Waals surface area contributed by atoms with Gasteiger partial charge in [0.05, 0.1) is 30.3 Å². The maximum absolute atomic E-state index is 14.7. The number of fused-ring (bicyclic) bond motifs is 2. The molecule has 0 fully saturated rings. The van der Waals surface area contributed by atoms with Crippen LogP contribution in [-0.4, -0.2) is 42.5 Å². The highest BCUT2D eigenvalue weighted by molar-refractivity contribution is 5.94. The SMILES string of the molecule is O=CNc1nn(CCO)c2nc(-c3cnn4ccccc34)c(F)cc12. The lowest BCUT2D eigenvalue weighted by Crippen LogP contribution is -2.06. The zero-order valence-corrected chi connectivity index (χ0v) is 12.9. The van der Waals surface area contributed by atoms with E-state index in [9.17, 15) is 14.3 Å². The Morgan fingerprint density at radius 1 is 1.36 bits per heavy atom. The van der Waals surface area contributed by atoms with Crippen molar-refractivity contribution in [3.63, 3.8) is 0 Å². The van der Waals surface area contributed by atoms with Crippen LogP contribution in [0.25, 0.3) is 27.8 Å². The van der Waals surface area contributed by atoms with Gasteiger partial charge in [0.1, 0.15) is 5.69 Å². The third-order valence-corrected chi connectivity index (χ3v) is 3.87. The first-order valence-corrected chi connectivity index (χ1v) is 7.53. The van der Waals surface area contributed by atoms with Crippen LogP contribution in [0.1, 0.15) is 0 Å². The number of halogens is 1. The predicted molar refractivity (Wildman–Crippen MR) is 88.4 cm³/mol. The highest BCUT2D eigenvalue weighted by Crippen LogP contribution is 2.30. The summed E-state index contributed by atoms with van der Waals surface area (Å²) >= 11 is 0. The van der Waals surface area contributed by atoms with Crippen molar-refractivity contribution in [2.75, 3.05) is 11.9 Å². The van der Waals surface area contributed by atoms with Gasteiger partial charge >= 0.3 is 0 Å². The minimum Gasteiger partial charge on any atom is -0.394 e. The Labute approximate surface area is 140 Å². The molecular weight excluding hydrogens is 327 g/mol. The molecule has 25 heavy (non-hydrogen) atoms. The average Bonchev–Trinajstić information content (AvgIpc) is 3.17. The molecule has 126 valence electrons. The number of anilines is 1.